The molecule has 130 valence electrons. The summed E-state index contributed by atoms with van der Waals surface area (Å²) in [7, 11) is 0. The van der Waals surface area contributed by atoms with Gasteiger partial charge in [0.2, 0.25) is 0 Å². The van der Waals surface area contributed by atoms with Crippen LogP contribution in [0.3, 0.4) is 0 Å². The molecule has 1 amide bonds. The molecule has 0 atom stereocenters. The third-order valence-corrected chi connectivity index (χ3v) is 6.69. The molecule has 0 aliphatic heterocycles. The number of aromatic nitrogens is 2. The quantitative estimate of drug-likeness (QED) is 0.923. The summed E-state index contributed by atoms with van der Waals surface area (Å²) >= 11 is 0. The van der Waals surface area contributed by atoms with Gasteiger partial charge in [-0.05, 0) is 92.0 Å². The van der Waals surface area contributed by atoms with Gasteiger partial charge in [-0.2, -0.15) is 5.10 Å². The first-order chi connectivity index (χ1) is 12.2. The summed E-state index contributed by atoms with van der Waals surface area (Å²) in [6.45, 7) is 0.857. The molecule has 1 aromatic heterocycles. The van der Waals surface area contributed by atoms with Crippen LogP contribution in [-0.2, 0) is 0 Å². The maximum absolute atomic E-state index is 12.6. The topological polar surface area (TPSA) is 46.9 Å². The Balaban J connectivity index is 1.25. The largest absolute Gasteiger partial charge is 0.351 e. The third-order valence-electron chi connectivity index (χ3n) is 6.69. The minimum Gasteiger partial charge on any atom is -0.351 e. The van der Waals surface area contributed by atoms with Crippen LogP contribution in [0.25, 0.3) is 5.69 Å². The van der Waals surface area contributed by atoms with E-state index in [9.17, 15) is 4.79 Å². The summed E-state index contributed by atoms with van der Waals surface area (Å²) in [5.74, 6) is 2.84. The standard InChI is InChI=1S/C21H25N3O/c25-20(18-2-4-19(5-3-18)24-7-1-6-23-24)22-14-21-11-15-8-16(12-21)10-17(9-15)13-21/h1-7,15-17H,8-14H2,(H,22,25). The van der Waals surface area contributed by atoms with Crippen LogP contribution in [0.2, 0.25) is 0 Å². The molecule has 25 heavy (non-hydrogen) atoms. The van der Waals surface area contributed by atoms with Crippen LogP contribution in [0.5, 0.6) is 0 Å². The monoisotopic (exact) mass is 335 g/mol. The van der Waals surface area contributed by atoms with Crippen LogP contribution in [-0.4, -0.2) is 22.2 Å². The molecule has 4 bridgehead atoms. The van der Waals surface area contributed by atoms with Gasteiger partial charge >= 0.3 is 0 Å². The van der Waals surface area contributed by atoms with E-state index in [0.717, 1.165) is 35.5 Å². The van der Waals surface area contributed by atoms with E-state index in [1.165, 1.54) is 38.5 Å². The van der Waals surface area contributed by atoms with Crippen molar-refractivity contribution >= 4 is 5.91 Å². The van der Waals surface area contributed by atoms with Crippen molar-refractivity contribution in [2.45, 2.75) is 38.5 Å². The molecule has 0 saturated heterocycles. The number of carbonyl (C=O) groups excluding carboxylic acids is 1. The predicted octanol–water partition coefficient (Wildman–Crippen LogP) is 3.82. The van der Waals surface area contributed by atoms with Crippen molar-refractivity contribution in [3.05, 3.63) is 48.3 Å². The van der Waals surface area contributed by atoms with Crippen LogP contribution in [0.1, 0.15) is 48.9 Å². The number of benzene rings is 1. The Morgan fingerprint density at radius 2 is 1.72 bits per heavy atom. The Morgan fingerprint density at radius 3 is 2.28 bits per heavy atom. The first-order valence-electron chi connectivity index (χ1n) is 9.57. The zero-order valence-electron chi connectivity index (χ0n) is 14.5. The fraction of sp³-hybridized carbons (Fsp3) is 0.524. The Kier molecular flexibility index (Phi) is 3.47. The number of nitrogens with one attached hydrogen (secondary N) is 1. The average molecular weight is 335 g/mol. The van der Waals surface area contributed by atoms with E-state index in [1.54, 1.807) is 10.9 Å². The van der Waals surface area contributed by atoms with E-state index in [-0.39, 0.29) is 5.91 Å². The maximum Gasteiger partial charge on any atom is 0.251 e. The summed E-state index contributed by atoms with van der Waals surface area (Å²) in [5, 5.41) is 7.47. The number of rotatable bonds is 4. The molecule has 4 aliphatic rings. The van der Waals surface area contributed by atoms with Crippen LogP contribution in [0.4, 0.5) is 0 Å². The van der Waals surface area contributed by atoms with Gasteiger partial charge in [-0.15, -0.1) is 0 Å². The number of hydrogen-bond acceptors (Lipinski definition) is 2. The average Bonchev–Trinajstić information content (AvgIpc) is 3.13. The minimum absolute atomic E-state index is 0.0581. The second-order valence-corrected chi connectivity index (χ2v) is 8.60. The van der Waals surface area contributed by atoms with Crippen molar-refractivity contribution in [2.75, 3.05) is 6.54 Å². The molecule has 4 nitrogen and oxygen atoms in total. The van der Waals surface area contributed by atoms with Crippen molar-refractivity contribution < 1.29 is 4.79 Å². The zero-order valence-corrected chi connectivity index (χ0v) is 14.5. The molecule has 1 heterocycles. The summed E-state index contributed by atoms with van der Waals surface area (Å²) in [6.07, 6.45) is 12.0. The van der Waals surface area contributed by atoms with Crippen molar-refractivity contribution in [3.63, 3.8) is 0 Å². The van der Waals surface area contributed by atoms with Gasteiger partial charge < -0.3 is 5.32 Å². The van der Waals surface area contributed by atoms with Gasteiger partial charge in [0.15, 0.2) is 0 Å². The summed E-state index contributed by atoms with van der Waals surface area (Å²) in [6, 6.07) is 9.59. The fourth-order valence-electron chi connectivity index (χ4n) is 6.06. The lowest BCUT2D eigenvalue weighted by molar-refractivity contribution is -0.0503. The number of hydrogen-bond donors (Lipinski definition) is 1. The van der Waals surface area contributed by atoms with Crippen molar-refractivity contribution in [2.24, 2.45) is 23.2 Å². The third kappa shape index (κ3) is 2.78. The van der Waals surface area contributed by atoms with Crippen LogP contribution >= 0.6 is 0 Å². The van der Waals surface area contributed by atoms with Crippen LogP contribution in [0.15, 0.2) is 42.7 Å². The molecule has 2 aromatic rings. The predicted molar refractivity (Wildman–Crippen MR) is 96.5 cm³/mol. The summed E-state index contributed by atoms with van der Waals surface area (Å²) in [4.78, 5) is 12.6. The van der Waals surface area contributed by atoms with E-state index in [2.05, 4.69) is 10.4 Å². The Hall–Kier alpha value is -2.10. The second kappa shape index (κ2) is 5.72. The smallest absolute Gasteiger partial charge is 0.251 e. The molecular formula is C21H25N3O. The molecule has 4 aliphatic carbocycles. The van der Waals surface area contributed by atoms with Gasteiger partial charge in [-0.1, -0.05) is 0 Å². The van der Waals surface area contributed by atoms with Gasteiger partial charge in [0, 0.05) is 24.5 Å². The van der Waals surface area contributed by atoms with Gasteiger partial charge in [0.1, 0.15) is 0 Å². The molecule has 4 heteroatoms. The highest BCUT2D eigenvalue weighted by molar-refractivity contribution is 5.94. The summed E-state index contributed by atoms with van der Waals surface area (Å²) in [5.41, 5.74) is 2.10. The maximum atomic E-state index is 12.6. The van der Waals surface area contributed by atoms with Crippen molar-refractivity contribution in [3.8, 4) is 5.69 Å². The van der Waals surface area contributed by atoms with Gasteiger partial charge in [0.25, 0.3) is 5.91 Å². The van der Waals surface area contributed by atoms with Crippen molar-refractivity contribution in [1.29, 1.82) is 0 Å². The van der Waals surface area contributed by atoms with E-state index >= 15 is 0 Å². The van der Waals surface area contributed by atoms with Gasteiger partial charge in [0.05, 0.1) is 5.69 Å². The molecule has 4 saturated carbocycles. The molecule has 0 spiro atoms. The lowest BCUT2D eigenvalue weighted by atomic mass is 9.49. The molecule has 1 aromatic carbocycles. The highest BCUT2D eigenvalue weighted by atomic mass is 16.1. The number of carbonyl (C=O) groups is 1. The first kappa shape index (κ1) is 15.2. The molecule has 0 unspecified atom stereocenters. The molecular weight excluding hydrogens is 310 g/mol. The Morgan fingerprint density at radius 1 is 1.08 bits per heavy atom. The van der Waals surface area contributed by atoms with E-state index in [1.807, 2.05) is 36.5 Å². The molecule has 4 fully saturated rings. The lowest BCUT2D eigenvalue weighted by Gasteiger charge is -2.56. The highest BCUT2D eigenvalue weighted by Crippen LogP contribution is 2.59. The molecule has 1 N–H and O–H groups in total. The Labute approximate surface area is 148 Å². The summed E-state index contributed by atoms with van der Waals surface area (Å²) < 4.78 is 1.80. The van der Waals surface area contributed by atoms with E-state index in [0.29, 0.717) is 5.41 Å². The molecule has 6 rings (SSSR count). The highest BCUT2D eigenvalue weighted by Gasteiger charge is 2.50. The second-order valence-electron chi connectivity index (χ2n) is 8.60. The first-order valence-corrected chi connectivity index (χ1v) is 9.57. The number of nitrogens with zero attached hydrogens (tertiary/aromatic N) is 2. The minimum atomic E-state index is 0.0581. The van der Waals surface area contributed by atoms with E-state index < -0.39 is 0 Å². The Bertz CT molecular complexity index is 728. The SMILES string of the molecule is O=C(NCC12CC3CC(CC(C3)C1)C2)c1ccc(-n2cccn2)cc1. The lowest BCUT2D eigenvalue weighted by Crippen LogP contribution is -2.51. The van der Waals surface area contributed by atoms with Crippen LogP contribution < -0.4 is 5.32 Å². The fourth-order valence-corrected chi connectivity index (χ4v) is 6.06. The van der Waals surface area contributed by atoms with Crippen LogP contribution in [0, 0.1) is 23.2 Å². The molecule has 0 radical (unpaired) electrons. The van der Waals surface area contributed by atoms with E-state index in [4.69, 9.17) is 0 Å². The van der Waals surface area contributed by atoms with Crippen molar-refractivity contribution in [1.82, 2.24) is 15.1 Å². The van der Waals surface area contributed by atoms with Gasteiger partial charge in [-0.25, -0.2) is 4.68 Å². The van der Waals surface area contributed by atoms with Gasteiger partial charge in [-0.3, -0.25) is 4.79 Å². The number of amides is 1. The normalized spacial score (nSPS) is 32.7. The zero-order chi connectivity index (χ0) is 16.9.